The van der Waals surface area contributed by atoms with Gasteiger partial charge >= 0.3 is 0 Å². The van der Waals surface area contributed by atoms with Crippen molar-refractivity contribution in [2.24, 2.45) is 5.92 Å². The Balaban J connectivity index is 1.50. The van der Waals surface area contributed by atoms with Gasteiger partial charge in [0.25, 0.3) is 0 Å². The number of fused-ring (bicyclic) bond motifs is 1. The zero-order valence-corrected chi connectivity index (χ0v) is 12.4. The number of carbonyl (C=O) groups excluding carboxylic acids is 1. The van der Waals surface area contributed by atoms with Crippen LogP contribution in [0.3, 0.4) is 0 Å². The zero-order chi connectivity index (χ0) is 14.9. The summed E-state index contributed by atoms with van der Waals surface area (Å²) in [5, 5.41) is 4.24. The Kier molecular flexibility index (Phi) is 3.42. The molecule has 2 aliphatic rings. The quantitative estimate of drug-likeness (QED) is 0.804. The van der Waals surface area contributed by atoms with E-state index in [-0.39, 0.29) is 11.8 Å². The SMILES string of the molecule is O=C(C1CCN(c2nccn3nccc23)C1)N1CCOCC1. The highest BCUT2D eigenvalue weighted by molar-refractivity contribution is 5.81. The Labute approximate surface area is 128 Å². The number of hydrogen-bond acceptors (Lipinski definition) is 5. The minimum atomic E-state index is 0.0584. The summed E-state index contributed by atoms with van der Waals surface area (Å²) in [6, 6.07) is 1.96. The van der Waals surface area contributed by atoms with E-state index in [4.69, 9.17) is 4.74 Å². The molecule has 22 heavy (non-hydrogen) atoms. The lowest BCUT2D eigenvalue weighted by atomic mass is 10.1. The average Bonchev–Trinajstić information content (AvgIpc) is 3.24. The second-order valence-corrected chi connectivity index (χ2v) is 5.78. The van der Waals surface area contributed by atoms with Crippen molar-refractivity contribution in [2.75, 3.05) is 44.3 Å². The molecular formula is C15H19N5O2. The first kappa shape index (κ1) is 13.5. The van der Waals surface area contributed by atoms with Crippen molar-refractivity contribution < 1.29 is 9.53 Å². The molecule has 2 fully saturated rings. The van der Waals surface area contributed by atoms with Crippen molar-refractivity contribution in [1.29, 1.82) is 0 Å². The maximum absolute atomic E-state index is 12.6. The minimum absolute atomic E-state index is 0.0584. The van der Waals surface area contributed by atoms with Crippen molar-refractivity contribution in [3.05, 3.63) is 24.7 Å². The van der Waals surface area contributed by atoms with E-state index in [2.05, 4.69) is 15.0 Å². The van der Waals surface area contributed by atoms with Crippen LogP contribution in [0.5, 0.6) is 0 Å². The van der Waals surface area contributed by atoms with Gasteiger partial charge in [-0.15, -0.1) is 0 Å². The molecule has 1 unspecified atom stereocenters. The molecule has 1 amide bonds. The predicted octanol–water partition coefficient (Wildman–Crippen LogP) is 0.414. The average molecular weight is 301 g/mol. The van der Waals surface area contributed by atoms with Crippen LogP contribution in [0, 0.1) is 5.92 Å². The summed E-state index contributed by atoms with van der Waals surface area (Å²) < 4.78 is 7.14. The summed E-state index contributed by atoms with van der Waals surface area (Å²) in [6.07, 6.45) is 6.25. The Morgan fingerprint density at radius 1 is 1.23 bits per heavy atom. The normalized spacial score (nSPS) is 22.5. The van der Waals surface area contributed by atoms with Crippen LogP contribution in [0.4, 0.5) is 5.82 Å². The van der Waals surface area contributed by atoms with Crippen molar-refractivity contribution in [3.8, 4) is 0 Å². The Morgan fingerprint density at radius 2 is 2.09 bits per heavy atom. The fourth-order valence-electron chi connectivity index (χ4n) is 3.28. The van der Waals surface area contributed by atoms with Crippen molar-refractivity contribution >= 4 is 17.2 Å². The van der Waals surface area contributed by atoms with Gasteiger partial charge in [0.2, 0.25) is 5.91 Å². The van der Waals surface area contributed by atoms with Crippen LogP contribution in [-0.2, 0) is 9.53 Å². The van der Waals surface area contributed by atoms with Crippen molar-refractivity contribution in [3.63, 3.8) is 0 Å². The molecule has 0 N–H and O–H groups in total. The highest BCUT2D eigenvalue weighted by atomic mass is 16.5. The van der Waals surface area contributed by atoms with E-state index >= 15 is 0 Å². The lowest BCUT2D eigenvalue weighted by Gasteiger charge is -2.29. The number of morpholine rings is 1. The van der Waals surface area contributed by atoms with Gasteiger partial charge in [-0.05, 0) is 12.5 Å². The summed E-state index contributed by atoms with van der Waals surface area (Å²) in [7, 11) is 0. The third-order valence-electron chi connectivity index (χ3n) is 4.46. The molecule has 4 rings (SSSR count). The van der Waals surface area contributed by atoms with E-state index in [0.29, 0.717) is 26.3 Å². The highest BCUT2D eigenvalue weighted by Crippen LogP contribution is 2.26. The number of rotatable bonds is 2. The third-order valence-corrected chi connectivity index (χ3v) is 4.46. The van der Waals surface area contributed by atoms with E-state index in [0.717, 1.165) is 30.8 Å². The van der Waals surface area contributed by atoms with E-state index in [1.807, 2.05) is 21.7 Å². The molecule has 0 bridgehead atoms. The molecule has 116 valence electrons. The number of nitrogens with zero attached hydrogens (tertiary/aromatic N) is 5. The fourth-order valence-corrected chi connectivity index (χ4v) is 3.28. The third kappa shape index (κ3) is 2.31. The molecule has 0 saturated carbocycles. The topological polar surface area (TPSA) is 63.0 Å². The van der Waals surface area contributed by atoms with Gasteiger partial charge in [0.15, 0.2) is 5.82 Å². The Bertz CT molecular complexity index is 679. The number of amides is 1. The highest BCUT2D eigenvalue weighted by Gasteiger charge is 2.33. The van der Waals surface area contributed by atoms with Gasteiger partial charge < -0.3 is 14.5 Å². The zero-order valence-electron chi connectivity index (χ0n) is 12.4. The van der Waals surface area contributed by atoms with Crippen LogP contribution in [0.25, 0.3) is 5.52 Å². The summed E-state index contributed by atoms with van der Waals surface area (Å²) in [4.78, 5) is 21.2. The number of aromatic nitrogens is 3. The van der Waals surface area contributed by atoms with Gasteiger partial charge in [0.05, 0.1) is 25.3 Å². The summed E-state index contributed by atoms with van der Waals surface area (Å²) >= 11 is 0. The van der Waals surface area contributed by atoms with Gasteiger partial charge in [0, 0.05) is 38.6 Å². The van der Waals surface area contributed by atoms with Crippen LogP contribution >= 0.6 is 0 Å². The lowest BCUT2D eigenvalue weighted by molar-refractivity contribution is -0.138. The maximum Gasteiger partial charge on any atom is 0.227 e. The van der Waals surface area contributed by atoms with Gasteiger partial charge in [-0.1, -0.05) is 0 Å². The predicted molar refractivity (Wildman–Crippen MR) is 80.7 cm³/mol. The smallest absolute Gasteiger partial charge is 0.227 e. The molecule has 7 nitrogen and oxygen atoms in total. The van der Waals surface area contributed by atoms with Crippen LogP contribution in [0.1, 0.15) is 6.42 Å². The number of hydrogen-bond donors (Lipinski definition) is 0. The van der Waals surface area contributed by atoms with Gasteiger partial charge in [0.1, 0.15) is 5.52 Å². The van der Waals surface area contributed by atoms with E-state index in [1.54, 1.807) is 12.4 Å². The molecule has 0 spiro atoms. The second kappa shape index (κ2) is 5.57. The summed E-state index contributed by atoms with van der Waals surface area (Å²) in [5.74, 6) is 1.23. The molecule has 2 aromatic rings. The molecule has 0 aliphatic carbocycles. The Morgan fingerprint density at radius 3 is 2.95 bits per heavy atom. The molecule has 7 heteroatoms. The van der Waals surface area contributed by atoms with Gasteiger partial charge in [-0.3, -0.25) is 4.79 Å². The fraction of sp³-hybridized carbons (Fsp3) is 0.533. The molecular weight excluding hydrogens is 282 g/mol. The molecule has 2 aliphatic heterocycles. The summed E-state index contributed by atoms with van der Waals surface area (Å²) in [5.41, 5.74) is 0.988. The maximum atomic E-state index is 12.6. The van der Waals surface area contributed by atoms with E-state index in [9.17, 15) is 4.79 Å². The van der Waals surface area contributed by atoms with Crippen LogP contribution < -0.4 is 4.90 Å². The van der Waals surface area contributed by atoms with Gasteiger partial charge in [-0.25, -0.2) is 9.50 Å². The van der Waals surface area contributed by atoms with Crippen molar-refractivity contribution in [1.82, 2.24) is 19.5 Å². The van der Waals surface area contributed by atoms with E-state index in [1.165, 1.54) is 0 Å². The molecule has 0 radical (unpaired) electrons. The second-order valence-electron chi connectivity index (χ2n) is 5.78. The first-order valence-corrected chi connectivity index (χ1v) is 7.73. The molecule has 2 aromatic heterocycles. The summed E-state index contributed by atoms with van der Waals surface area (Å²) in [6.45, 7) is 4.32. The largest absolute Gasteiger partial charge is 0.378 e. The molecule has 4 heterocycles. The number of carbonyl (C=O) groups is 1. The monoisotopic (exact) mass is 301 g/mol. The van der Waals surface area contributed by atoms with Crippen LogP contribution in [-0.4, -0.2) is 64.8 Å². The van der Waals surface area contributed by atoms with Gasteiger partial charge in [-0.2, -0.15) is 5.10 Å². The first-order chi connectivity index (χ1) is 10.8. The van der Waals surface area contributed by atoms with Crippen LogP contribution in [0.15, 0.2) is 24.7 Å². The Hall–Kier alpha value is -2.15. The lowest BCUT2D eigenvalue weighted by Crippen LogP contribution is -2.44. The molecule has 2 saturated heterocycles. The molecule has 0 aromatic carbocycles. The minimum Gasteiger partial charge on any atom is -0.378 e. The number of ether oxygens (including phenoxy) is 1. The first-order valence-electron chi connectivity index (χ1n) is 7.73. The van der Waals surface area contributed by atoms with E-state index < -0.39 is 0 Å². The number of anilines is 1. The van der Waals surface area contributed by atoms with Crippen LogP contribution in [0.2, 0.25) is 0 Å². The molecule has 1 atom stereocenters. The standard InChI is InChI=1S/C15H19N5O2/c21-15(18-7-9-22-10-8-18)12-2-5-19(11-12)14-13-1-3-17-20(13)6-4-16-14/h1,3-4,6,12H,2,5,7-11H2. The van der Waals surface area contributed by atoms with Crippen molar-refractivity contribution in [2.45, 2.75) is 6.42 Å².